The minimum Gasteiger partial charge on any atom is -0.341 e. The number of carbonyl (C=O) groups is 1. The van der Waals surface area contributed by atoms with E-state index in [0.717, 1.165) is 51.0 Å². The molecule has 0 unspecified atom stereocenters. The van der Waals surface area contributed by atoms with E-state index in [1.807, 2.05) is 18.2 Å². The third-order valence-corrected chi connectivity index (χ3v) is 4.57. The monoisotopic (exact) mass is 274 g/mol. The van der Waals surface area contributed by atoms with Gasteiger partial charge in [0, 0.05) is 19.6 Å². The van der Waals surface area contributed by atoms with Gasteiger partial charge < -0.3 is 10.2 Å². The maximum Gasteiger partial charge on any atom is 0.233 e. The van der Waals surface area contributed by atoms with Gasteiger partial charge in [-0.1, -0.05) is 44.2 Å². The van der Waals surface area contributed by atoms with Gasteiger partial charge in [0.15, 0.2) is 0 Å². The second-order valence-electron chi connectivity index (χ2n) is 5.55. The maximum atomic E-state index is 13.1. The van der Waals surface area contributed by atoms with Crippen molar-refractivity contribution in [3.63, 3.8) is 0 Å². The van der Waals surface area contributed by atoms with Gasteiger partial charge in [-0.05, 0) is 31.4 Å². The molecule has 0 aromatic heterocycles. The number of benzene rings is 1. The van der Waals surface area contributed by atoms with Crippen LogP contribution in [0.25, 0.3) is 0 Å². The largest absolute Gasteiger partial charge is 0.341 e. The van der Waals surface area contributed by atoms with Crippen LogP contribution in [0.5, 0.6) is 0 Å². The van der Waals surface area contributed by atoms with Gasteiger partial charge in [-0.3, -0.25) is 4.79 Å². The Labute approximate surface area is 122 Å². The predicted octanol–water partition coefficient (Wildman–Crippen LogP) is 2.57. The molecule has 1 saturated heterocycles. The van der Waals surface area contributed by atoms with Crippen LogP contribution in [0.1, 0.15) is 38.7 Å². The Kier molecular flexibility index (Phi) is 5.18. The van der Waals surface area contributed by atoms with Gasteiger partial charge in [-0.2, -0.15) is 0 Å². The first-order chi connectivity index (χ1) is 9.74. The first kappa shape index (κ1) is 15.0. The summed E-state index contributed by atoms with van der Waals surface area (Å²) in [4.78, 5) is 15.2. The van der Waals surface area contributed by atoms with E-state index in [0.29, 0.717) is 5.91 Å². The van der Waals surface area contributed by atoms with E-state index in [2.05, 4.69) is 36.2 Å². The van der Waals surface area contributed by atoms with Crippen LogP contribution in [0.3, 0.4) is 0 Å². The smallest absolute Gasteiger partial charge is 0.233 e. The van der Waals surface area contributed by atoms with Gasteiger partial charge >= 0.3 is 0 Å². The highest BCUT2D eigenvalue weighted by atomic mass is 16.2. The molecule has 1 fully saturated rings. The molecule has 0 spiro atoms. The lowest BCUT2D eigenvalue weighted by atomic mass is 9.74. The molecular formula is C17H26N2O. The molecule has 1 aromatic carbocycles. The van der Waals surface area contributed by atoms with Gasteiger partial charge in [0.1, 0.15) is 0 Å². The number of nitrogens with one attached hydrogen (secondary N) is 1. The highest BCUT2D eigenvalue weighted by molar-refractivity contribution is 5.88. The van der Waals surface area contributed by atoms with Gasteiger partial charge in [0.2, 0.25) is 5.91 Å². The maximum absolute atomic E-state index is 13.1. The summed E-state index contributed by atoms with van der Waals surface area (Å²) < 4.78 is 0. The molecular weight excluding hydrogens is 248 g/mol. The van der Waals surface area contributed by atoms with Crippen LogP contribution in [-0.2, 0) is 10.2 Å². The fraction of sp³-hybridized carbons (Fsp3) is 0.588. The van der Waals surface area contributed by atoms with Crippen LogP contribution < -0.4 is 5.32 Å². The zero-order chi connectivity index (χ0) is 14.4. The minimum absolute atomic E-state index is 0.303. The Morgan fingerprint density at radius 2 is 1.85 bits per heavy atom. The number of nitrogens with zero attached hydrogens (tertiary/aromatic N) is 1. The minimum atomic E-state index is -0.356. The first-order valence-corrected chi connectivity index (χ1v) is 7.80. The number of hydrogen-bond donors (Lipinski definition) is 1. The van der Waals surface area contributed by atoms with Crippen LogP contribution in [0.15, 0.2) is 30.3 Å². The fourth-order valence-electron chi connectivity index (χ4n) is 3.19. The van der Waals surface area contributed by atoms with Crippen molar-refractivity contribution in [2.24, 2.45) is 0 Å². The molecule has 1 amide bonds. The van der Waals surface area contributed by atoms with Crippen molar-refractivity contribution in [1.82, 2.24) is 10.2 Å². The van der Waals surface area contributed by atoms with Crippen molar-refractivity contribution in [3.8, 4) is 0 Å². The van der Waals surface area contributed by atoms with E-state index < -0.39 is 0 Å². The van der Waals surface area contributed by atoms with Crippen molar-refractivity contribution in [2.45, 2.75) is 38.5 Å². The number of carbonyl (C=O) groups excluding carboxylic acids is 1. The predicted molar refractivity (Wildman–Crippen MR) is 82.8 cm³/mol. The molecule has 1 aliphatic rings. The van der Waals surface area contributed by atoms with E-state index >= 15 is 0 Å². The Bertz CT molecular complexity index is 418. The third-order valence-electron chi connectivity index (χ3n) is 4.57. The summed E-state index contributed by atoms with van der Waals surface area (Å²) in [5.41, 5.74) is 0.804. The van der Waals surface area contributed by atoms with Crippen LogP contribution >= 0.6 is 0 Å². The van der Waals surface area contributed by atoms with Gasteiger partial charge in [0.05, 0.1) is 5.41 Å². The van der Waals surface area contributed by atoms with Crippen LogP contribution in [0.2, 0.25) is 0 Å². The quantitative estimate of drug-likeness (QED) is 0.915. The SMILES string of the molecule is CCC(CC)(C(=O)N1CCCNCC1)c1ccccc1. The number of amides is 1. The van der Waals surface area contributed by atoms with Crippen LogP contribution in [0, 0.1) is 0 Å². The van der Waals surface area contributed by atoms with Crippen molar-refractivity contribution < 1.29 is 4.79 Å². The molecule has 2 rings (SSSR count). The third kappa shape index (κ3) is 2.88. The summed E-state index contributed by atoms with van der Waals surface area (Å²) in [5, 5.41) is 3.37. The molecule has 1 aromatic rings. The summed E-state index contributed by atoms with van der Waals surface area (Å²) in [6, 6.07) is 10.3. The molecule has 20 heavy (non-hydrogen) atoms. The summed E-state index contributed by atoms with van der Waals surface area (Å²) in [7, 11) is 0. The molecule has 3 heteroatoms. The molecule has 1 heterocycles. The van der Waals surface area contributed by atoms with Crippen molar-refractivity contribution in [2.75, 3.05) is 26.2 Å². The highest BCUT2D eigenvalue weighted by Gasteiger charge is 2.39. The zero-order valence-electron chi connectivity index (χ0n) is 12.7. The van der Waals surface area contributed by atoms with E-state index in [-0.39, 0.29) is 5.41 Å². The lowest BCUT2D eigenvalue weighted by Gasteiger charge is -2.36. The molecule has 0 aliphatic carbocycles. The van der Waals surface area contributed by atoms with Gasteiger partial charge in [0.25, 0.3) is 0 Å². The lowest BCUT2D eigenvalue weighted by Crippen LogP contribution is -2.47. The Hall–Kier alpha value is -1.35. The average molecular weight is 274 g/mol. The summed E-state index contributed by atoms with van der Waals surface area (Å²) in [5.74, 6) is 0.303. The van der Waals surface area contributed by atoms with Gasteiger partial charge in [-0.25, -0.2) is 0 Å². The van der Waals surface area contributed by atoms with E-state index in [9.17, 15) is 4.79 Å². The fourth-order valence-corrected chi connectivity index (χ4v) is 3.19. The molecule has 1 N–H and O–H groups in total. The van der Waals surface area contributed by atoms with E-state index in [1.54, 1.807) is 0 Å². The Morgan fingerprint density at radius 3 is 2.50 bits per heavy atom. The Balaban J connectivity index is 2.29. The normalized spacial score (nSPS) is 16.8. The molecule has 3 nitrogen and oxygen atoms in total. The molecule has 0 saturated carbocycles. The van der Waals surface area contributed by atoms with Crippen molar-refractivity contribution >= 4 is 5.91 Å². The van der Waals surface area contributed by atoms with Gasteiger partial charge in [-0.15, -0.1) is 0 Å². The molecule has 0 atom stereocenters. The number of rotatable bonds is 4. The Morgan fingerprint density at radius 1 is 1.15 bits per heavy atom. The second-order valence-corrected chi connectivity index (χ2v) is 5.55. The molecule has 110 valence electrons. The molecule has 0 radical (unpaired) electrons. The summed E-state index contributed by atoms with van der Waals surface area (Å²) in [6.07, 6.45) is 2.76. The van der Waals surface area contributed by atoms with E-state index in [1.165, 1.54) is 0 Å². The molecule has 1 aliphatic heterocycles. The summed E-state index contributed by atoms with van der Waals surface area (Å²) >= 11 is 0. The van der Waals surface area contributed by atoms with Crippen LogP contribution in [0.4, 0.5) is 0 Å². The standard InChI is InChI=1S/C17H26N2O/c1-3-17(4-2,15-9-6-5-7-10-15)16(20)19-13-8-11-18-12-14-19/h5-7,9-10,18H,3-4,8,11-14H2,1-2H3. The highest BCUT2D eigenvalue weighted by Crippen LogP contribution is 2.34. The first-order valence-electron chi connectivity index (χ1n) is 7.80. The van der Waals surface area contributed by atoms with Crippen molar-refractivity contribution in [1.29, 1.82) is 0 Å². The molecule has 0 bridgehead atoms. The summed E-state index contributed by atoms with van der Waals surface area (Å²) in [6.45, 7) is 7.88. The topological polar surface area (TPSA) is 32.3 Å². The second kappa shape index (κ2) is 6.89. The lowest BCUT2D eigenvalue weighted by molar-refractivity contribution is -0.137. The average Bonchev–Trinajstić information content (AvgIpc) is 2.79. The zero-order valence-corrected chi connectivity index (χ0v) is 12.7. The van der Waals surface area contributed by atoms with E-state index in [4.69, 9.17) is 0 Å². The van der Waals surface area contributed by atoms with Crippen LogP contribution in [-0.4, -0.2) is 37.0 Å². The number of hydrogen-bond acceptors (Lipinski definition) is 2. The van der Waals surface area contributed by atoms with Crippen molar-refractivity contribution in [3.05, 3.63) is 35.9 Å².